The average molecular weight is 160 g/mol. The lowest BCUT2D eigenvalue weighted by Crippen LogP contribution is -2.01. The summed E-state index contributed by atoms with van der Waals surface area (Å²) in [5.41, 5.74) is 0. The van der Waals surface area contributed by atoms with E-state index in [9.17, 15) is 4.79 Å². The first-order valence-corrected chi connectivity index (χ1v) is 3.26. The fraction of sp³-hybridized carbons (Fsp3) is 0.571. The lowest BCUT2D eigenvalue weighted by molar-refractivity contribution is -0.236. The second kappa shape index (κ2) is 5.73. The van der Waals surface area contributed by atoms with Crippen LogP contribution in [-0.4, -0.2) is 19.7 Å². The van der Waals surface area contributed by atoms with E-state index in [2.05, 4.69) is 14.5 Å². The summed E-state index contributed by atoms with van der Waals surface area (Å²) in [7, 11) is 1.36. The van der Waals surface area contributed by atoms with Crippen LogP contribution in [0.15, 0.2) is 11.8 Å². The summed E-state index contributed by atoms with van der Waals surface area (Å²) in [4.78, 5) is 19.5. The summed E-state index contributed by atoms with van der Waals surface area (Å²) in [6.07, 6.45) is 1.22. The van der Waals surface area contributed by atoms with Gasteiger partial charge in [0, 0.05) is 0 Å². The molecule has 0 spiro atoms. The molecule has 0 unspecified atom stereocenters. The van der Waals surface area contributed by atoms with Gasteiger partial charge >= 0.3 is 5.97 Å². The Hall–Kier alpha value is -1.03. The molecular weight excluding hydrogens is 148 g/mol. The lowest BCUT2D eigenvalue weighted by atomic mass is 10.5. The molecule has 0 amide bonds. The van der Waals surface area contributed by atoms with Gasteiger partial charge in [0.15, 0.2) is 0 Å². The van der Waals surface area contributed by atoms with Crippen LogP contribution in [0, 0.1) is 0 Å². The van der Waals surface area contributed by atoms with Crippen LogP contribution in [0.5, 0.6) is 0 Å². The predicted molar refractivity (Wildman–Crippen MR) is 38.5 cm³/mol. The van der Waals surface area contributed by atoms with E-state index >= 15 is 0 Å². The molecule has 0 aromatic rings. The smallest absolute Gasteiger partial charge is 0.334 e. The molecule has 4 nitrogen and oxygen atoms in total. The third-order valence-corrected chi connectivity index (χ3v) is 0.822. The molecule has 0 aliphatic rings. The van der Waals surface area contributed by atoms with Crippen molar-refractivity contribution in [2.75, 3.05) is 13.7 Å². The van der Waals surface area contributed by atoms with Crippen molar-refractivity contribution in [1.29, 1.82) is 0 Å². The van der Waals surface area contributed by atoms with Crippen LogP contribution in [0.2, 0.25) is 0 Å². The Balaban J connectivity index is 3.76. The maximum Gasteiger partial charge on any atom is 0.334 e. The van der Waals surface area contributed by atoms with Crippen molar-refractivity contribution >= 4 is 5.97 Å². The molecule has 0 aromatic carbocycles. The van der Waals surface area contributed by atoms with E-state index in [4.69, 9.17) is 0 Å². The van der Waals surface area contributed by atoms with Crippen molar-refractivity contribution in [2.24, 2.45) is 0 Å². The number of hydrogen-bond acceptors (Lipinski definition) is 4. The molecule has 0 heterocycles. The molecular formula is C7H12O4. The summed E-state index contributed by atoms with van der Waals surface area (Å²) in [5.74, 6) is -0.0620. The maximum atomic E-state index is 10.7. The number of carbonyl (C=O) groups is 1. The summed E-state index contributed by atoms with van der Waals surface area (Å²) in [6, 6.07) is 0. The first-order valence-electron chi connectivity index (χ1n) is 3.26. The molecule has 4 heteroatoms. The Morgan fingerprint density at radius 3 is 2.64 bits per heavy atom. The van der Waals surface area contributed by atoms with Gasteiger partial charge in [-0.1, -0.05) is 0 Å². The Labute approximate surface area is 65.7 Å². The van der Waals surface area contributed by atoms with Crippen LogP contribution >= 0.6 is 0 Å². The zero-order chi connectivity index (χ0) is 8.69. The molecule has 0 aliphatic heterocycles. The van der Waals surface area contributed by atoms with Crippen LogP contribution < -0.4 is 0 Å². The third-order valence-electron chi connectivity index (χ3n) is 0.822. The van der Waals surface area contributed by atoms with Gasteiger partial charge in [-0.2, -0.15) is 4.89 Å². The second-order valence-electron chi connectivity index (χ2n) is 1.76. The fourth-order valence-corrected chi connectivity index (χ4v) is 0.505. The minimum atomic E-state index is -0.429. The molecule has 0 aromatic heterocycles. The average Bonchev–Trinajstić information content (AvgIpc) is 1.87. The maximum absolute atomic E-state index is 10.7. The Bertz CT molecular complexity index is 151. The minimum absolute atomic E-state index is 0.357. The predicted octanol–water partition coefficient (Wildman–Crippen LogP) is 1.03. The van der Waals surface area contributed by atoms with Gasteiger partial charge in [-0.3, -0.25) is 0 Å². The Morgan fingerprint density at radius 1 is 1.55 bits per heavy atom. The van der Waals surface area contributed by atoms with Gasteiger partial charge in [0.1, 0.15) is 5.76 Å². The second-order valence-corrected chi connectivity index (χ2v) is 1.76. The van der Waals surface area contributed by atoms with E-state index in [0.29, 0.717) is 12.4 Å². The van der Waals surface area contributed by atoms with Crippen LogP contribution in [0.4, 0.5) is 0 Å². The molecule has 0 rings (SSSR count). The van der Waals surface area contributed by atoms with Crippen LogP contribution in [-0.2, 0) is 19.3 Å². The standard InChI is InChI=1S/C7H12O4/c1-4-10-7(8)5-6(2)11-9-3/h5H,4H2,1-3H3/b6-5+. The molecule has 0 fully saturated rings. The highest BCUT2D eigenvalue weighted by molar-refractivity contribution is 5.82. The zero-order valence-electron chi connectivity index (χ0n) is 6.92. The van der Waals surface area contributed by atoms with Gasteiger partial charge in [-0.25, -0.2) is 4.79 Å². The van der Waals surface area contributed by atoms with Crippen molar-refractivity contribution in [1.82, 2.24) is 0 Å². The first-order chi connectivity index (χ1) is 5.20. The number of carbonyl (C=O) groups excluding carboxylic acids is 1. The van der Waals surface area contributed by atoms with Crippen molar-refractivity contribution in [3.05, 3.63) is 11.8 Å². The molecule has 0 saturated carbocycles. The number of hydrogen-bond donors (Lipinski definition) is 0. The number of rotatable bonds is 4. The molecule has 0 N–H and O–H groups in total. The van der Waals surface area contributed by atoms with E-state index in [1.54, 1.807) is 13.8 Å². The SMILES string of the molecule is CCOC(=O)/C=C(\C)OOC. The number of ether oxygens (including phenoxy) is 1. The monoisotopic (exact) mass is 160 g/mol. The van der Waals surface area contributed by atoms with Crippen molar-refractivity contribution in [3.8, 4) is 0 Å². The molecule has 11 heavy (non-hydrogen) atoms. The Morgan fingerprint density at radius 2 is 2.18 bits per heavy atom. The van der Waals surface area contributed by atoms with E-state index in [-0.39, 0.29) is 0 Å². The van der Waals surface area contributed by atoms with E-state index < -0.39 is 5.97 Å². The van der Waals surface area contributed by atoms with Gasteiger partial charge in [0.25, 0.3) is 0 Å². The summed E-state index contributed by atoms with van der Waals surface area (Å²) >= 11 is 0. The van der Waals surface area contributed by atoms with Gasteiger partial charge in [-0.05, 0) is 13.8 Å². The molecule has 0 bridgehead atoms. The molecule has 0 aliphatic carbocycles. The fourth-order valence-electron chi connectivity index (χ4n) is 0.505. The summed E-state index contributed by atoms with van der Waals surface area (Å²) in [5, 5.41) is 0. The first kappa shape index (κ1) is 9.97. The Kier molecular flexibility index (Phi) is 5.20. The van der Waals surface area contributed by atoms with Crippen molar-refractivity contribution in [3.63, 3.8) is 0 Å². The highest BCUT2D eigenvalue weighted by atomic mass is 17.2. The van der Waals surface area contributed by atoms with E-state index in [1.165, 1.54) is 13.2 Å². The van der Waals surface area contributed by atoms with Gasteiger partial charge in [0.2, 0.25) is 0 Å². The van der Waals surface area contributed by atoms with Crippen LogP contribution in [0.3, 0.4) is 0 Å². The van der Waals surface area contributed by atoms with Gasteiger partial charge < -0.3 is 9.62 Å². The van der Waals surface area contributed by atoms with Gasteiger partial charge in [0.05, 0.1) is 19.8 Å². The third kappa shape index (κ3) is 5.42. The van der Waals surface area contributed by atoms with Crippen molar-refractivity contribution in [2.45, 2.75) is 13.8 Å². The normalized spacial score (nSPS) is 11.0. The van der Waals surface area contributed by atoms with E-state index in [1.807, 2.05) is 0 Å². The molecule has 64 valence electrons. The summed E-state index contributed by atoms with van der Waals surface area (Å²) < 4.78 is 4.61. The van der Waals surface area contributed by atoms with Crippen LogP contribution in [0.25, 0.3) is 0 Å². The largest absolute Gasteiger partial charge is 0.463 e. The summed E-state index contributed by atoms with van der Waals surface area (Å²) in [6.45, 7) is 3.69. The zero-order valence-corrected chi connectivity index (χ0v) is 6.92. The topological polar surface area (TPSA) is 44.8 Å². The van der Waals surface area contributed by atoms with Gasteiger partial charge in [-0.15, -0.1) is 0 Å². The molecule has 0 saturated heterocycles. The van der Waals surface area contributed by atoms with Crippen LogP contribution in [0.1, 0.15) is 13.8 Å². The molecule has 0 atom stereocenters. The number of esters is 1. The van der Waals surface area contributed by atoms with Crippen molar-refractivity contribution < 1.29 is 19.3 Å². The number of allylic oxidation sites excluding steroid dienone is 1. The lowest BCUT2D eigenvalue weighted by Gasteiger charge is -1.99. The highest BCUT2D eigenvalue weighted by Gasteiger charge is 1.97. The quantitative estimate of drug-likeness (QED) is 0.202. The highest BCUT2D eigenvalue weighted by Crippen LogP contribution is 1.95. The molecule has 0 radical (unpaired) electrons. The minimum Gasteiger partial charge on any atom is -0.463 e. The van der Waals surface area contributed by atoms with E-state index in [0.717, 1.165) is 0 Å².